The number of nitrogens with two attached hydrogens (primary N) is 1. The van der Waals surface area contributed by atoms with E-state index in [4.69, 9.17) is 22.4 Å². The molecular weight excluding hydrogens is 244 g/mol. The lowest BCUT2D eigenvalue weighted by Gasteiger charge is -2.09. The Kier molecular flexibility index (Phi) is 6.45. The minimum atomic E-state index is 0.268. The summed E-state index contributed by atoms with van der Waals surface area (Å²) in [6.45, 7) is 1.13. The smallest absolute Gasteiger partial charge is 0.0575 e. The third-order valence-corrected chi connectivity index (χ3v) is 3.33. The monoisotopic (exact) mass is 260 g/mol. The van der Waals surface area contributed by atoms with Gasteiger partial charge in [0.25, 0.3) is 0 Å². The molecule has 90 valence electrons. The van der Waals surface area contributed by atoms with Gasteiger partial charge in [-0.1, -0.05) is 11.6 Å². The van der Waals surface area contributed by atoms with Gasteiger partial charge in [-0.2, -0.15) is 11.8 Å². The Morgan fingerprint density at radius 3 is 2.88 bits per heavy atom. The highest BCUT2D eigenvalue weighted by Crippen LogP contribution is 2.22. The number of aliphatic hydroxyl groups excluding tert-OH is 1. The molecule has 0 aliphatic heterocycles. The molecule has 0 atom stereocenters. The summed E-state index contributed by atoms with van der Waals surface area (Å²) in [4.78, 5) is 0. The molecule has 3 nitrogen and oxygen atoms in total. The van der Waals surface area contributed by atoms with Gasteiger partial charge in [0, 0.05) is 23.9 Å². The largest absolute Gasteiger partial charge is 0.397 e. The van der Waals surface area contributed by atoms with Gasteiger partial charge in [-0.3, -0.25) is 0 Å². The van der Waals surface area contributed by atoms with Crippen molar-refractivity contribution in [2.24, 2.45) is 0 Å². The molecule has 4 N–H and O–H groups in total. The number of hydrogen-bond donors (Lipinski definition) is 3. The molecule has 0 heterocycles. The molecule has 0 aliphatic rings. The van der Waals surface area contributed by atoms with Crippen LogP contribution in [-0.4, -0.2) is 29.8 Å². The number of thioether (sulfide) groups is 1. The van der Waals surface area contributed by atoms with Crippen molar-refractivity contribution in [3.05, 3.63) is 23.2 Å². The van der Waals surface area contributed by atoms with E-state index in [2.05, 4.69) is 5.32 Å². The van der Waals surface area contributed by atoms with Gasteiger partial charge in [-0.25, -0.2) is 0 Å². The van der Waals surface area contributed by atoms with Crippen LogP contribution >= 0.6 is 23.4 Å². The number of hydrogen-bond acceptors (Lipinski definition) is 4. The van der Waals surface area contributed by atoms with Crippen molar-refractivity contribution in [1.82, 2.24) is 0 Å². The summed E-state index contributed by atoms with van der Waals surface area (Å²) in [5.41, 5.74) is 7.39. The van der Waals surface area contributed by atoms with Gasteiger partial charge in [0.2, 0.25) is 0 Å². The average molecular weight is 261 g/mol. The zero-order valence-corrected chi connectivity index (χ0v) is 10.7. The Hall–Kier alpha value is -0.580. The van der Waals surface area contributed by atoms with Crippen molar-refractivity contribution in [2.75, 3.05) is 35.7 Å². The first-order valence-electron chi connectivity index (χ1n) is 5.21. The van der Waals surface area contributed by atoms with Crippen molar-refractivity contribution < 1.29 is 5.11 Å². The van der Waals surface area contributed by atoms with E-state index < -0.39 is 0 Å². The first kappa shape index (κ1) is 13.5. The maximum Gasteiger partial charge on any atom is 0.0575 e. The highest BCUT2D eigenvalue weighted by molar-refractivity contribution is 7.99. The van der Waals surface area contributed by atoms with Gasteiger partial charge in [0.1, 0.15) is 0 Å². The Balaban J connectivity index is 2.21. The van der Waals surface area contributed by atoms with Crippen LogP contribution in [-0.2, 0) is 0 Å². The third kappa shape index (κ3) is 4.96. The molecule has 16 heavy (non-hydrogen) atoms. The lowest BCUT2D eigenvalue weighted by Crippen LogP contribution is -2.06. The van der Waals surface area contributed by atoms with Crippen molar-refractivity contribution in [3.63, 3.8) is 0 Å². The van der Waals surface area contributed by atoms with E-state index in [0.29, 0.717) is 10.7 Å². The van der Waals surface area contributed by atoms with Gasteiger partial charge in [0.15, 0.2) is 0 Å². The van der Waals surface area contributed by atoms with Crippen LogP contribution in [0.25, 0.3) is 0 Å². The van der Waals surface area contributed by atoms with Crippen LogP contribution in [0.3, 0.4) is 0 Å². The molecule has 0 unspecified atom stereocenters. The van der Waals surface area contributed by atoms with Gasteiger partial charge in [0.05, 0.1) is 11.4 Å². The standard InChI is InChI=1S/C11H17ClN2OS/c12-9-2-3-11(10(13)8-9)14-4-7-16-6-1-5-15/h2-3,8,14-15H,1,4-7,13H2. The van der Waals surface area contributed by atoms with Crippen LogP contribution in [0.1, 0.15) is 6.42 Å². The Bertz CT molecular complexity index is 323. The number of nitrogen functional groups attached to an aromatic ring is 1. The summed E-state index contributed by atoms with van der Waals surface area (Å²) in [6, 6.07) is 5.44. The number of halogens is 1. The molecule has 0 amide bonds. The summed E-state index contributed by atoms with van der Waals surface area (Å²) < 4.78 is 0. The zero-order chi connectivity index (χ0) is 11.8. The lowest BCUT2D eigenvalue weighted by molar-refractivity contribution is 0.296. The maximum atomic E-state index is 8.61. The molecular formula is C11H17ClN2OS. The van der Waals surface area contributed by atoms with Gasteiger partial charge < -0.3 is 16.2 Å². The van der Waals surface area contributed by atoms with Gasteiger partial charge >= 0.3 is 0 Å². The van der Waals surface area contributed by atoms with Crippen molar-refractivity contribution in [3.8, 4) is 0 Å². The molecule has 0 saturated carbocycles. The first-order valence-corrected chi connectivity index (χ1v) is 6.75. The fourth-order valence-electron chi connectivity index (χ4n) is 1.22. The van der Waals surface area contributed by atoms with Crippen LogP contribution in [0, 0.1) is 0 Å². The minimum Gasteiger partial charge on any atom is -0.397 e. The van der Waals surface area contributed by atoms with E-state index in [1.165, 1.54) is 0 Å². The Morgan fingerprint density at radius 2 is 2.19 bits per heavy atom. The number of rotatable bonds is 7. The summed E-state index contributed by atoms with van der Waals surface area (Å²) in [7, 11) is 0. The minimum absolute atomic E-state index is 0.268. The summed E-state index contributed by atoms with van der Waals surface area (Å²) >= 11 is 7.62. The normalized spacial score (nSPS) is 10.4. The average Bonchev–Trinajstić information content (AvgIpc) is 2.26. The first-order chi connectivity index (χ1) is 7.74. The molecule has 1 aromatic carbocycles. The third-order valence-electron chi connectivity index (χ3n) is 2.02. The van der Waals surface area contributed by atoms with E-state index in [1.807, 2.05) is 23.9 Å². The molecule has 0 aromatic heterocycles. The fraction of sp³-hybridized carbons (Fsp3) is 0.455. The summed E-state index contributed by atoms with van der Waals surface area (Å²) in [5, 5.41) is 12.5. The number of aliphatic hydroxyl groups is 1. The van der Waals surface area contributed by atoms with Gasteiger partial charge in [-0.05, 0) is 30.4 Å². The molecule has 1 rings (SSSR count). The molecule has 0 saturated heterocycles. The topological polar surface area (TPSA) is 58.3 Å². The van der Waals surface area contributed by atoms with Crippen LogP contribution in [0.15, 0.2) is 18.2 Å². The lowest BCUT2D eigenvalue weighted by atomic mass is 10.3. The molecule has 0 aliphatic carbocycles. The van der Waals surface area contributed by atoms with Gasteiger partial charge in [-0.15, -0.1) is 0 Å². The maximum absolute atomic E-state index is 8.61. The summed E-state index contributed by atoms with van der Waals surface area (Å²) in [5.74, 6) is 2.00. The predicted molar refractivity (Wildman–Crippen MR) is 73.4 cm³/mol. The second kappa shape index (κ2) is 7.65. The zero-order valence-electron chi connectivity index (χ0n) is 9.08. The second-order valence-corrected chi connectivity index (χ2v) is 5.01. The Morgan fingerprint density at radius 1 is 1.38 bits per heavy atom. The predicted octanol–water partition coefficient (Wildman–Crippen LogP) is 2.45. The molecule has 0 bridgehead atoms. The summed E-state index contributed by atoms with van der Waals surface area (Å²) in [6.07, 6.45) is 0.855. The SMILES string of the molecule is Nc1cc(Cl)ccc1NCCSCCCO. The van der Waals surface area contributed by atoms with E-state index in [1.54, 1.807) is 6.07 Å². The highest BCUT2D eigenvalue weighted by Gasteiger charge is 1.98. The van der Waals surface area contributed by atoms with Crippen LogP contribution in [0.5, 0.6) is 0 Å². The molecule has 0 radical (unpaired) electrons. The van der Waals surface area contributed by atoms with Crippen LogP contribution in [0.2, 0.25) is 5.02 Å². The molecule has 0 spiro atoms. The molecule has 5 heteroatoms. The van der Waals surface area contributed by atoms with Crippen molar-refractivity contribution in [2.45, 2.75) is 6.42 Å². The highest BCUT2D eigenvalue weighted by atomic mass is 35.5. The Labute approximate surface area is 105 Å². The van der Waals surface area contributed by atoms with E-state index in [0.717, 1.165) is 30.2 Å². The van der Waals surface area contributed by atoms with Crippen LogP contribution in [0.4, 0.5) is 11.4 Å². The van der Waals surface area contributed by atoms with Crippen LogP contribution < -0.4 is 11.1 Å². The van der Waals surface area contributed by atoms with Crippen molar-refractivity contribution >= 4 is 34.7 Å². The van der Waals surface area contributed by atoms with E-state index >= 15 is 0 Å². The molecule has 0 fully saturated rings. The van der Waals surface area contributed by atoms with Crippen molar-refractivity contribution in [1.29, 1.82) is 0 Å². The number of benzene rings is 1. The van der Waals surface area contributed by atoms with E-state index in [9.17, 15) is 0 Å². The number of anilines is 2. The molecule has 1 aromatic rings. The fourth-order valence-corrected chi connectivity index (χ4v) is 2.19. The number of nitrogens with one attached hydrogen (secondary N) is 1. The van der Waals surface area contributed by atoms with E-state index in [-0.39, 0.29) is 6.61 Å². The second-order valence-electron chi connectivity index (χ2n) is 3.35. The quantitative estimate of drug-likeness (QED) is 0.521.